The van der Waals surface area contributed by atoms with Gasteiger partial charge in [0.05, 0.1) is 12.7 Å². The van der Waals surface area contributed by atoms with Crippen LogP contribution in [0.15, 0.2) is 24.3 Å². The summed E-state index contributed by atoms with van der Waals surface area (Å²) in [5, 5.41) is 0. The molecule has 1 aromatic rings. The van der Waals surface area contributed by atoms with Gasteiger partial charge in [-0.15, -0.1) is 0 Å². The number of hydrogen-bond donors (Lipinski definition) is 1. The van der Waals surface area contributed by atoms with Gasteiger partial charge in [-0.2, -0.15) is 0 Å². The van der Waals surface area contributed by atoms with Gasteiger partial charge in [-0.1, -0.05) is 18.2 Å². The zero-order valence-corrected chi connectivity index (χ0v) is 9.07. The molecule has 16 heavy (non-hydrogen) atoms. The Balaban J connectivity index is 2.93. The average molecular weight is 223 g/mol. The number of ether oxygens (including phenoxy) is 1. The molecule has 2 N–H and O–H groups in total. The minimum absolute atomic E-state index is 0.0580. The van der Waals surface area contributed by atoms with Crippen LogP contribution in [0, 0.1) is 5.82 Å². The molecule has 0 atom stereocenters. The monoisotopic (exact) mass is 223 g/mol. The van der Waals surface area contributed by atoms with E-state index < -0.39 is 11.8 Å². The molecule has 0 radical (unpaired) electrons. The number of nitrogens with two attached hydrogens (primary N) is 1. The van der Waals surface area contributed by atoms with Crippen molar-refractivity contribution in [2.75, 3.05) is 13.7 Å². The van der Waals surface area contributed by atoms with Crippen LogP contribution >= 0.6 is 0 Å². The number of rotatable bonds is 4. The smallest absolute Gasteiger partial charge is 0.340 e. The number of methoxy groups -OCH3 is 1. The number of halogens is 1. The summed E-state index contributed by atoms with van der Waals surface area (Å²) in [4.78, 5) is 11.2. The highest BCUT2D eigenvalue weighted by Gasteiger charge is 2.11. The summed E-state index contributed by atoms with van der Waals surface area (Å²) in [7, 11) is 1.22. The lowest BCUT2D eigenvalue weighted by Gasteiger charge is -2.02. The highest BCUT2D eigenvalue weighted by molar-refractivity contribution is 5.90. The summed E-state index contributed by atoms with van der Waals surface area (Å²) in [5.41, 5.74) is 6.02. The molecule has 3 nitrogen and oxygen atoms in total. The first-order valence-electron chi connectivity index (χ1n) is 4.93. The van der Waals surface area contributed by atoms with Crippen molar-refractivity contribution in [1.29, 1.82) is 0 Å². The molecular formula is C12H14FNO2. The second-order valence-corrected chi connectivity index (χ2v) is 3.21. The molecule has 0 bridgehead atoms. The van der Waals surface area contributed by atoms with E-state index in [0.717, 1.165) is 12.0 Å². The first-order valence-corrected chi connectivity index (χ1v) is 4.93. The summed E-state index contributed by atoms with van der Waals surface area (Å²) < 4.78 is 17.7. The average Bonchev–Trinajstić information content (AvgIpc) is 2.30. The van der Waals surface area contributed by atoms with E-state index in [9.17, 15) is 9.18 Å². The minimum Gasteiger partial charge on any atom is -0.465 e. The van der Waals surface area contributed by atoms with E-state index in [1.54, 1.807) is 12.1 Å². The maximum absolute atomic E-state index is 13.3. The van der Waals surface area contributed by atoms with Crippen LogP contribution in [0.1, 0.15) is 22.3 Å². The van der Waals surface area contributed by atoms with Crippen molar-refractivity contribution < 1.29 is 13.9 Å². The molecule has 4 heteroatoms. The maximum Gasteiger partial charge on any atom is 0.340 e. The molecule has 0 aliphatic rings. The number of benzene rings is 1. The maximum atomic E-state index is 13.3. The predicted molar refractivity (Wildman–Crippen MR) is 60.4 cm³/mol. The summed E-state index contributed by atoms with van der Waals surface area (Å²) in [6.07, 6.45) is 4.40. The predicted octanol–water partition coefficient (Wildman–Crippen LogP) is 1.97. The first kappa shape index (κ1) is 12.4. The molecular weight excluding hydrogens is 209 g/mol. The lowest BCUT2D eigenvalue weighted by molar-refractivity contribution is 0.0595. The van der Waals surface area contributed by atoms with Crippen LogP contribution in [0.4, 0.5) is 4.39 Å². The van der Waals surface area contributed by atoms with Crippen LogP contribution in [0.5, 0.6) is 0 Å². The van der Waals surface area contributed by atoms with Gasteiger partial charge in [0, 0.05) is 0 Å². The lowest BCUT2D eigenvalue weighted by Crippen LogP contribution is -2.04. The minimum atomic E-state index is -0.674. The van der Waals surface area contributed by atoms with Crippen LogP contribution in [-0.4, -0.2) is 19.6 Å². The quantitative estimate of drug-likeness (QED) is 0.794. The first-order chi connectivity index (χ1) is 7.69. The molecule has 0 aromatic heterocycles. The molecule has 1 aromatic carbocycles. The Morgan fingerprint density at radius 3 is 2.94 bits per heavy atom. The molecule has 0 heterocycles. The van der Waals surface area contributed by atoms with Crippen molar-refractivity contribution >= 4 is 12.0 Å². The fraction of sp³-hybridized carbons (Fsp3) is 0.250. The standard InChI is InChI=1S/C12H14FNO2/c1-16-12(15)10-8-9(4-2-3-7-14)5-6-11(10)13/h2,4-6,8H,3,7,14H2,1H3. The SMILES string of the molecule is COC(=O)c1cc(C=CCCN)ccc1F. The van der Waals surface area contributed by atoms with Crippen molar-refractivity contribution in [2.45, 2.75) is 6.42 Å². The summed E-state index contributed by atoms with van der Waals surface area (Å²) in [6.45, 7) is 0.557. The van der Waals surface area contributed by atoms with Gasteiger partial charge < -0.3 is 10.5 Å². The van der Waals surface area contributed by atoms with E-state index in [2.05, 4.69) is 4.74 Å². The van der Waals surface area contributed by atoms with E-state index in [1.807, 2.05) is 6.08 Å². The summed E-state index contributed by atoms with van der Waals surface area (Å²) in [5.74, 6) is -1.26. The molecule has 0 saturated heterocycles. The van der Waals surface area contributed by atoms with E-state index >= 15 is 0 Å². The fourth-order valence-corrected chi connectivity index (χ4v) is 1.23. The van der Waals surface area contributed by atoms with Crippen molar-refractivity contribution in [3.05, 3.63) is 41.2 Å². The summed E-state index contributed by atoms with van der Waals surface area (Å²) in [6, 6.07) is 4.29. The molecule has 0 unspecified atom stereocenters. The molecule has 86 valence electrons. The van der Waals surface area contributed by atoms with E-state index in [0.29, 0.717) is 6.54 Å². The Hall–Kier alpha value is -1.68. The Bertz CT molecular complexity index is 402. The zero-order chi connectivity index (χ0) is 12.0. The van der Waals surface area contributed by atoms with Gasteiger partial charge in [-0.3, -0.25) is 0 Å². The molecule has 0 saturated carbocycles. The van der Waals surface area contributed by atoms with Crippen LogP contribution in [-0.2, 0) is 4.74 Å². The second-order valence-electron chi connectivity index (χ2n) is 3.21. The van der Waals surface area contributed by atoms with Crippen LogP contribution in [0.2, 0.25) is 0 Å². The van der Waals surface area contributed by atoms with Gasteiger partial charge in [0.15, 0.2) is 0 Å². The van der Waals surface area contributed by atoms with E-state index in [-0.39, 0.29) is 5.56 Å². The molecule has 1 rings (SSSR count). The fourth-order valence-electron chi connectivity index (χ4n) is 1.23. The third-order valence-electron chi connectivity index (χ3n) is 2.04. The van der Waals surface area contributed by atoms with E-state index in [4.69, 9.17) is 5.73 Å². The Kier molecular flexibility index (Phi) is 4.66. The summed E-state index contributed by atoms with van der Waals surface area (Å²) >= 11 is 0. The molecule has 0 aliphatic heterocycles. The number of hydrogen-bond acceptors (Lipinski definition) is 3. The Morgan fingerprint density at radius 1 is 1.56 bits per heavy atom. The van der Waals surface area contributed by atoms with Crippen LogP contribution in [0.3, 0.4) is 0 Å². The number of esters is 1. The number of carbonyl (C=O) groups excluding carboxylic acids is 1. The van der Waals surface area contributed by atoms with Crippen LogP contribution in [0.25, 0.3) is 6.08 Å². The van der Waals surface area contributed by atoms with Gasteiger partial charge in [0.1, 0.15) is 5.82 Å². The molecule has 0 aliphatic carbocycles. The normalized spacial score (nSPS) is 10.7. The van der Waals surface area contributed by atoms with Gasteiger partial charge >= 0.3 is 5.97 Å². The van der Waals surface area contributed by atoms with Crippen molar-refractivity contribution in [1.82, 2.24) is 0 Å². The lowest BCUT2D eigenvalue weighted by atomic mass is 10.1. The van der Waals surface area contributed by atoms with Gasteiger partial charge in [-0.25, -0.2) is 9.18 Å². The Morgan fingerprint density at radius 2 is 2.31 bits per heavy atom. The highest BCUT2D eigenvalue weighted by atomic mass is 19.1. The van der Waals surface area contributed by atoms with E-state index in [1.165, 1.54) is 19.2 Å². The highest BCUT2D eigenvalue weighted by Crippen LogP contribution is 2.13. The van der Waals surface area contributed by atoms with Gasteiger partial charge in [0.25, 0.3) is 0 Å². The molecule has 0 amide bonds. The molecule has 0 fully saturated rings. The van der Waals surface area contributed by atoms with Crippen LogP contribution < -0.4 is 5.73 Å². The topological polar surface area (TPSA) is 52.3 Å². The molecule has 0 spiro atoms. The van der Waals surface area contributed by atoms with Crippen molar-refractivity contribution in [2.24, 2.45) is 5.73 Å². The largest absolute Gasteiger partial charge is 0.465 e. The second kappa shape index (κ2) is 6.02. The third kappa shape index (κ3) is 3.17. The number of carbonyl (C=O) groups is 1. The van der Waals surface area contributed by atoms with Crippen molar-refractivity contribution in [3.63, 3.8) is 0 Å². The van der Waals surface area contributed by atoms with Crippen molar-refractivity contribution in [3.8, 4) is 0 Å². The zero-order valence-electron chi connectivity index (χ0n) is 9.07. The Labute approximate surface area is 93.7 Å². The van der Waals surface area contributed by atoms with Gasteiger partial charge in [-0.05, 0) is 30.7 Å². The third-order valence-corrected chi connectivity index (χ3v) is 2.04. The van der Waals surface area contributed by atoms with Gasteiger partial charge in [0.2, 0.25) is 0 Å².